The summed E-state index contributed by atoms with van der Waals surface area (Å²) >= 11 is 0. The second-order valence-corrected chi connectivity index (χ2v) is 5.82. The highest BCUT2D eigenvalue weighted by Gasteiger charge is 2.46. The Hall–Kier alpha value is -1.84. The van der Waals surface area contributed by atoms with Crippen molar-refractivity contribution >= 4 is 12.4 Å². The van der Waals surface area contributed by atoms with Gasteiger partial charge in [0.1, 0.15) is 5.54 Å². The first-order valence-corrected chi connectivity index (χ1v) is 7.64. The van der Waals surface area contributed by atoms with Crippen LogP contribution >= 0.6 is 0 Å². The molecule has 1 aromatic carbocycles. The van der Waals surface area contributed by atoms with Crippen LogP contribution in [0.15, 0.2) is 30.3 Å². The van der Waals surface area contributed by atoms with Gasteiger partial charge in [-0.05, 0) is 43.6 Å². The van der Waals surface area contributed by atoms with E-state index in [0.29, 0.717) is 31.7 Å². The fourth-order valence-electron chi connectivity index (χ4n) is 3.39. The van der Waals surface area contributed by atoms with E-state index in [-0.39, 0.29) is 0 Å². The quantitative estimate of drug-likeness (QED) is 0.819. The van der Waals surface area contributed by atoms with Crippen molar-refractivity contribution in [2.75, 3.05) is 6.54 Å². The lowest BCUT2D eigenvalue weighted by Crippen LogP contribution is -2.56. The minimum Gasteiger partial charge on any atom is -0.479 e. The molecule has 0 aromatic heterocycles. The lowest BCUT2D eigenvalue weighted by atomic mass is 9.73. The van der Waals surface area contributed by atoms with Crippen molar-refractivity contribution in [2.24, 2.45) is 0 Å². The van der Waals surface area contributed by atoms with E-state index in [9.17, 15) is 14.7 Å². The number of carboxylic acids is 1. The summed E-state index contributed by atoms with van der Waals surface area (Å²) in [6, 6.07) is 10.2. The van der Waals surface area contributed by atoms with Crippen molar-refractivity contribution < 1.29 is 14.7 Å². The van der Waals surface area contributed by atoms with Crippen LogP contribution in [0, 0.1) is 0 Å². The van der Waals surface area contributed by atoms with Gasteiger partial charge in [0.2, 0.25) is 6.41 Å². The Labute approximate surface area is 125 Å². The van der Waals surface area contributed by atoms with Crippen molar-refractivity contribution in [3.63, 3.8) is 0 Å². The Morgan fingerprint density at radius 1 is 1.33 bits per heavy atom. The maximum Gasteiger partial charge on any atom is 0.329 e. The van der Waals surface area contributed by atoms with Crippen LogP contribution in [0.1, 0.15) is 50.5 Å². The Balaban J connectivity index is 2.14. The average molecular weight is 289 g/mol. The number of carboxylic acid groups (broad SMARTS) is 1. The minimum absolute atomic E-state index is 0.397. The number of hydrogen-bond donors (Lipinski definition) is 1. The number of carbonyl (C=O) groups excluding carboxylic acids is 1. The van der Waals surface area contributed by atoms with Crippen LogP contribution in [-0.2, 0) is 9.59 Å². The van der Waals surface area contributed by atoms with Gasteiger partial charge in [-0.25, -0.2) is 4.79 Å². The largest absolute Gasteiger partial charge is 0.479 e. The van der Waals surface area contributed by atoms with E-state index in [1.54, 1.807) is 0 Å². The fraction of sp³-hybridized carbons (Fsp3) is 0.529. The first kappa shape index (κ1) is 15.5. The predicted molar refractivity (Wildman–Crippen MR) is 81.1 cm³/mol. The highest BCUT2D eigenvalue weighted by Crippen LogP contribution is 2.41. The fourth-order valence-corrected chi connectivity index (χ4v) is 3.39. The summed E-state index contributed by atoms with van der Waals surface area (Å²) in [4.78, 5) is 24.6. The second kappa shape index (κ2) is 6.74. The normalized spacial score (nSPS) is 25.3. The molecule has 0 atom stereocenters. The van der Waals surface area contributed by atoms with Gasteiger partial charge in [0.25, 0.3) is 0 Å². The molecule has 0 saturated heterocycles. The number of benzene rings is 1. The Morgan fingerprint density at radius 2 is 1.95 bits per heavy atom. The zero-order valence-corrected chi connectivity index (χ0v) is 12.5. The topological polar surface area (TPSA) is 57.6 Å². The third-order valence-electron chi connectivity index (χ3n) is 4.62. The van der Waals surface area contributed by atoms with Gasteiger partial charge in [0, 0.05) is 6.54 Å². The first-order valence-electron chi connectivity index (χ1n) is 7.64. The summed E-state index contributed by atoms with van der Waals surface area (Å²) in [7, 11) is 0. The van der Waals surface area contributed by atoms with E-state index in [4.69, 9.17) is 0 Å². The number of rotatable bonds is 6. The molecular weight excluding hydrogens is 266 g/mol. The summed E-state index contributed by atoms with van der Waals surface area (Å²) in [5.74, 6) is -0.469. The molecule has 4 nitrogen and oxygen atoms in total. The summed E-state index contributed by atoms with van der Waals surface area (Å²) in [5.41, 5.74) is 0.257. The lowest BCUT2D eigenvalue weighted by Gasteiger charge is -2.43. The number of amides is 1. The van der Waals surface area contributed by atoms with Gasteiger partial charge in [-0.3, -0.25) is 4.79 Å². The molecule has 1 N–H and O–H groups in total. The molecule has 0 radical (unpaired) electrons. The van der Waals surface area contributed by atoms with Crippen molar-refractivity contribution in [1.82, 2.24) is 4.90 Å². The van der Waals surface area contributed by atoms with Gasteiger partial charge in [-0.15, -0.1) is 0 Å². The van der Waals surface area contributed by atoms with Crippen molar-refractivity contribution in [2.45, 2.75) is 50.5 Å². The first-order chi connectivity index (χ1) is 10.1. The molecule has 1 aliphatic carbocycles. The van der Waals surface area contributed by atoms with E-state index >= 15 is 0 Å². The van der Waals surface area contributed by atoms with E-state index < -0.39 is 11.5 Å². The third kappa shape index (κ3) is 3.09. The maximum atomic E-state index is 11.8. The zero-order valence-electron chi connectivity index (χ0n) is 12.5. The van der Waals surface area contributed by atoms with Crippen LogP contribution in [0.2, 0.25) is 0 Å². The molecule has 2 rings (SSSR count). The number of nitrogens with zero attached hydrogens (tertiary/aromatic N) is 1. The SMILES string of the molecule is CCCN(C=O)C1(C(=O)O)CCC(c2ccccc2)CC1. The van der Waals surface area contributed by atoms with Gasteiger partial charge in [-0.2, -0.15) is 0 Å². The summed E-state index contributed by atoms with van der Waals surface area (Å²) in [6.45, 7) is 2.47. The monoisotopic (exact) mass is 289 g/mol. The van der Waals surface area contributed by atoms with Crippen LogP contribution in [0.5, 0.6) is 0 Å². The standard InChI is InChI=1S/C17H23NO3/c1-2-12-18(13-19)17(16(20)21)10-8-15(9-11-17)14-6-4-3-5-7-14/h3-7,13,15H,2,8-12H2,1H3,(H,20,21). The van der Waals surface area contributed by atoms with Gasteiger partial charge in [-0.1, -0.05) is 37.3 Å². The second-order valence-electron chi connectivity index (χ2n) is 5.82. The molecule has 21 heavy (non-hydrogen) atoms. The van der Waals surface area contributed by atoms with E-state index in [1.165, 1.54) is 10.5 Å². The molecule has 0 spiro atoms. The van der Waals surface area contributed by atoms with E-state index in [1.807, 2.05) is 25.1 Å². The molecule has 0 bridgehead atoms. The van der Waals surface area contributed by atoms with Crippen molar-refractivity contribution in [3.05, 3.63) is 35.9 Å². The van der Waals surface area contributed by atoms with Gasteiger partial charge in [0.05, 0.1) is 0 Å². The lowest BCUT2D eigenvalue weighted by molar-refractivity contribution is -0.158. The third-order valence-corrected chi connectivity index (χ3v) is 4.62. The van der Waals surface area contributed by atoms with Crippen molar-refractivity contribution in [1.29, 1.82) is 0 Å². The Bertz CT molecular complexity index is 478. The van der Waals surface area contributed by atoms with E-state index in [0.717, 1.165) is 19.3 Å². The highest BCUT2D eigenvalue weighted by atomic mass is 16.4. The van der Waals surface area contributed by atoms with Gasteiger partial charge < -0.3 is 10.0 Å². The molecule has 0 unspecified atom stereocenters. The maximum absolute atomic E-state index is 11.8. The molecule has 1 amide bonds. The van der Waals surface area contributed by atoms with Gasteiger partial charge >= 0.3 is 5.97 Å². The molecular formula is C17H23NO3. The van der Waals surface area contributed by atoms with Gasteiger partial charge in [0.15, 0.2) is 0 Å². The Morgan fingerprint density at radius 3 is 2.43 bits per heavy atom. The van der Waals surface area contributed by atoms with Crippen LogP contribution in [0.4, 0.5) is 0 Å². The minimum atomic E-state index is -1.01. The van der Waals surface area contributed by atoms with Crippen molar-refractivity contribution in [3.8, 4) is 0 Å². The van der Waals surface area contributed by atoms with Crippen LogP contribution in [0.25, 0.3) is 0 Å². The summed E-state index contributed by atoms with van der Waals surface area (Å²) in [5, 5.41) is 9.67. The molecule has 1 aromatic rings. The van der Waals surface area contributed by atoms with Crippen LogP contribution in [-0.4, -0.2) is 34.5 Å². The van der Waals surface area contributed by atoms with Crippen LogP contribution in [0.3, 0.4) is 0 Å². The number of carbonyl (C=O) groups is 2. The summed E-state index contributed by atoms with van der Waals surface area (Å²) < 4.78 is 0. The zero-order chi connectivity index (χ0) is 15.3. The molecule has 0 aliphatic heterocycles. The van der Waals surface area contributed by atoms with E-state index in [2.05, 4.69) is 12.1 Å². The van der Waals surface area contributed by atoms with Crippen LogP contribution < -0.4 is 0 Å². The number of aliphatic carboxylic acids is 1. The highest BCUT2D eigenvalue weighted by molar-refractivity contribution is 5.81. The molecule has 0 heterocycles. The predicted octanol–water partition coefficient (Wildman–Crippen LogP) is 3.04. The summed E-state index contributed by atoms with van der Waals surface area (Å²) in [6.07, 6.45) is 4.16. The molecule has 1 saturated carbocycles. The molecule has 114 valence electrons. The molecule has 1 fully saturated rings. The average Bonchev–Trinajstić information content (AvgIpc) is 2.53. The molecule has 4 heteroatoms. The number of hydrogen-bond acceptors (Lipinski definition) is 2. The molecule has 1 aliphatic rings. The Kier molecular flexibility index (Phi) is 4.99. The smallest absolute Gasteiger partial charge is 0.329 e.